The van der Waals surface area contributed by atoms with Crippen LogP contribution in [-0.4, -0.2) is 22.3 Å². The van der Waals surface area contributed by atoms with Crippen molar-refractivity contribution in [1.82, 2.24) is 15.2 Å². The highest BCUT2D eigenvalue weighted by Crippen LogP contribution is 2.36. The Bertz CT molecular complexity index is 1110. The highest BCUT2D eigenvalue weighted by molar-refractivity contribution is 7.98. The van der Waals surface area contributed by atoms with E-state index in [0.29, 0.717) is 5.75 Å². The van der Waals surface area contributed by atoms with E-state index >= 15 is 0 Å². The van der Waals surface area contributed by atoms with Gasteiger partial charge in [-0.3, -0.25) is 0 Å². The number of nitrogens with zero attached hydrogens (tertiary/aromatic N) is 3. The molecule has 0 aliphatic heterocycles. The molecule has 0 fully saturated rings. The average Bonchev–Trinajstić information content (AvgIpc) is 3.07. The predicted molar refractivity (Wildman–Crippen MR) is 108 cm³/mol. The number of thiazole rings is 1. The smallest absolute Gasteiger partial charge is 0.146 e. The Labute approximate surface area is 164 Å². The summed E-state index contributed by atoms with van der Waals surface area (Å²) in [6.07, 6.45) is 0. The molecule has 0 amide bonds. The van der Waals surface area contributed by atoms with E-state index in [1.807, 2.05) is 37.3 Å². The van der Waals surface area contributed by atoms with E-state index in [1.54, 1.807) is 24.5 Å². The second kappa shape index (κ2) is 7.62. The van der Waals surface area contributed by atoms with E-state index in [4.69, 9.17) is 4.74 Å². The summed E-state index contributed by atoms with van der Waals surface area (Å²) in [5.41, 5.74) is 3.48. The molecule has 2 aromatic heterocycles. The molecule has 4 aromatic rings. The lowest BCUT2D eigenvalue weighted by Gasteiger charge is -2.07. The van der Waals surface area contributed by atoms with Crippen molar-refractivity contribution < 1.29 is 9.13 Å². The predicted octanol–water partition coefficient (Wildman–Crippen LogP) is 5.50. The van der Waals surface area contributed by atoms with Gasteiger partial charge in [-0.15, -0.1) is 21.5 Å². The van der Waals surface area contributed by atoms with Crippen molar-refractivity contribution in [2.24, 2.45) is 0 Å². The third kappa shape index (κ3) is 3.79. The number of methoxy groups -OCH3 is 1. The molecule has 4 nitrogen and oxygen atoms in total. The lowest BCUT2D eigenvalue weighted by molar-refractivity contribution is 0.415. The number of rotatable bonds is 5. The summed E-state index contributed by atoms with van der Waals surface area (Å²) in [7, 11) is 1.64. The van der Waals surface area contributed by atoms with Gasteiger partial charge < -0.3 is 4.74 Å². The number of ether oxygens (including phenoxy) is 1. The molecule has 0 saturated heterocycles. The van der Waals surface area contributed by atoms with Gasteiger partial charge in [-0.25, -0.2) is 9.37 Å². The standard InChI is InChI=1S/C20H16FN3OS2/c1-12-22-18-19(27-12)17(14-6-4-8-16(10-14)25-2)23-24-20(18)26-11-13-5-3-7-15(21)9-13/h3-10H,11H2,1-2H3. The molecule has 27 heavy (non-hydrogen) atoms. The van der Waals surface area contributed by atoms with Gasteiger partial charge in [0.15, 0.2) is 0 Å². The fourth-order valence-corrected chi connectivity index (χ4v) is 4.61. The molecule has 0 N–H and O–H groups in total. The lowest BCUT2D eigenvalue weighted by atomic mass is 10.1. The molecular formula is C20H16FN3OS2. The molecule has 0 unspecified atom stereocenters. The van der Waals surface area contributed by atoms with E-state index < -0.39 is 0 Å². The van der Waals surface area contributed by atoms with Crippen molar-refractivity contribution >= 4 is 33.3 Å². The first-order valence-corrected chi connectivity index (χ1v) is 10.1. The van der Waals surface area contributed by atoms with Gasteiger partial charge in [0, 0.05) is 11.3 Å². The number of aryl methyl sites for hydroxylation is 1. The summed E-state index contributed by atoms with van der Waals surface area (Å²) in [4.78, 5) is 4.66. The zero-order valence-corrected chi connectivity index (χ0v) is 16.4. The van der Waals surface area contributed by atoms with Gasteiger partial charge in [-0.1, -0.05) is 36.0 Å². The molecule has 136 valence electrons. The molecule has 0 spiro atoms. The van der Waals surface area contributed by atoms with Crippen LogP contribution in [0.15, 0.2) is 53.6 Å². The van der Waals surface area contributed by atoms with Crippen LogP contribution in [0.5, 0.6) is 5.75 Å². The zero-order chi connectivity index (χ0) is 18.8. The van der Waals surface area contributed by atoms with Gasteiger partial charge in [0.1, 0.15) is 27.8 Å². The van der Waals surface area contributed by atoms with Gasteiger partial charge in [0.25, 0.3) is 0 Å². The Hall–Kier alpha value is -2.51. The van der Waals surface area contributed by atoms with Crippen LogP contribution in [0.1, 0.15) is 10.6 Å². The maximum Gasteiger partial charge on any atom is 0.146 e. The van der Waals surface area contributed by atoms with Gasteiger partial charge in [-0.05, 0) is 36.8 Å². The maximum atomic E-state index is 13.4. The van der Waals surface area contributed by atoms with Crippen LogP contribution < -0.4 is 4.74 Å². The molecule has 0 saturated carbocycles. The Morgan fingerprint density at radius 1 is 1.11 bits per heavy atom. The van der Waals surface area contributed by atoms with E-state index in [2.05, 4.69) is 15.2 Å². The van der Waals surface area contributed by atoms with Gasteiger partial charge in [-0.2, -0.15) is 0 Å². The van der Waals surface area contributed by atoms with Crippen LogP contribution in [0, 0.1) is 12.7 Å². The minimum atomic E-state index is -0.234. The third-order valence-electron chi connectivity index (χ3n) is 4.00. The SMILES string of the molecule is COc1cccc(-c2nnc(SCc3cccc(F)c3)c3nc(C)sc23)c1. The number of aromatic nitrogens is 3. The van der Waals surface area contributed by atoms with Crippen molar-refractivity contribution in [3.05, 3.63) is 64.9 Å². The summed E-state index contributed by atoms with van der Waals surface area (Å²) in [6, 6.07) is 14.4. The summed E-state index contributed by atoms with van der Waals surface area (Å²) in [5, 5.41) is 10.6. The van der Waals surface area contributed by atoms with Gasteiger partial charge in [0.2, 0.25) is 0 Å². The van der Waals surface area contributed by atoms with Crippen LogP contribution in [0.3, 0.4) is 0 Å². The van der Waals surface area contributed by atoms with E-state index in [1.165, 1.54) is 23.9 Å². The van der Waals surface area contributed by atoms with Crippen LogP contribution >= 0.6 is 23.1 Å². The monoisotopic (exact) mass is 397 g/mol. The summed E-state index contributed by atoms with van der Waals surface area (Å²) >= 11 is 3.11. The molecule has 0 bridgehead atoms. The fraction of sp³-hybridized carbons (Fsp3) is 0.150. The number of fused-ring (bicyclic) bond motifs is 1. The van der Waals surface area contributed by atoms with Crippen molar-refractivity contribution in [2.45, 2.75) is 17.7 Å². The quantitative estimate of drug-likeness (QED) is 0.416. The topological polar surface area (TPSA) is 47.9 Å². The summed E-state index contributed by atoms with van der Waals surface area (Å²) in [5.74, 6) is 1.15. The van der Waals surface area contributed by atoms with Crippen molar-refractivity contribution in [2.75, 3.05) is 7.11 Å². The molecule has 7 heteroatoms. The van der Waals surface area contributed by atoms with Gasteiger partial charge in [0.05, 0.1) is 16.8 Å². The maximum absolute atomic E-state index is 13.4. The van der Waals surface area contributed by atoms with Crippen molar-refractivity contribution in [1.29, 1.82) is 0 Å². The Morgan fingerprint density at radius 2 is 1.96 bits per heavy atom. The van der Waals surface area contributed by atoms with E-state index in [9.17, 15) is 4.39 Å². The average molecular weight is 398 g/mol. The molecule has 0 aliphatic carbocycles. The van der Waals surface area contributed by atoms with E-state index in [-0.39, 0.29) is 5.82 Å². The summed E-state index contributed by atoms with van der Waals surface area (Å²) < 4.78 is 19.7. The first kappa shape index (κ1) is 17.9. The van der Waals surface area contributed by atoms with E-state index in [0.717, 1.165) is 42.8 Å². The molecular weight excluding hydrogens is 381 g/mol. The molecule has 4 rings (SSSR count). The number of hydrogen-bond donors (Lipinski definition) is 0. The highest BCUT2D eigenvalue weighted by Gasteiger charge is 2.16. The Morgan fingerprint density at radius 3 is 2.78 bits per heavy atom. The highest BCUT2D eigenvalue weighted by atomic mass is 32.2. The first-order chi connectivity index (χ1) is 13.1. The minimum absolute atomic E-state index is 0.234. The fourth-order valence-electron chi connectivity index (χ4n) is 2.76. The number of hydrogen-bond acceptors (Lipinski definition) is 6. The molecule has 0 atom stereocenters. The van der Waals surface area contributed by atoms with Crippen LogP contribution in [0.2, 0.25) is 0 Å². The zero-order valence-electron chi connectivity index (χ0n) is 14.8. The molecule has 2 heterocycles. The van der Waals surface area contributed by atoms with Crippen molar-refractivity contribution in [3.63, 3.8) is 0 Å². The first-order valence-electron chi connectivity index (χ1n) is 8.29. The van der Waals surface area contributed by atoms with Gasteiger partial charge >= 0.3 is 0 Å². The molecule has 2 aromatic carbocycles. The summed E-state index contributed by atoms with van der Waals surface area (Å²) in [6.45, 7) is 1.97. The number of benzene rings is 2. The Kier molecular flexibility index (Phi) is 5.05. The van der Waals surface area contributed by atoms with Crippen molar-refractivity contribution in [3.8, 4) is 17.0 Å². The largest absolute Gasteiger partial charge is 0.497 e. The lowest BCUT2D eigenvalue weighted by Crippen LogP contribution is -1.93. The minimum Gasteiger partial charge on any atom is -0.497 e. The van der Waals surface area contributed by atoms with Crippen LogP contribution in [0.4, 0.5) is 4.39 Å². The normalized spacial score (nSPS) is 11.1. The van der Waals surface area contributed by atoms with Crippen LogP contribution in [0.25, 0.3) is 21.5 Å². The number of halogens is 1. The van der Waals surface area contributed by atoms with Crippen LogP contribution in [-0.2, 0) is 5.75 Å². The second-order valence-corrected chi connectivity index (χ2v) is 8.08. The second-order valence-electron chi connectivity index (χ2n) is 5.91. The number of thioether (sulfide) groups is 1. The Balaban J connectivity index is 1.71. The third-order valence-corrected chi connectivity index (χ3v) is 6.00. The molecule has 0 aliphatic rings. The molecule has 0 radical (unpaired) electrons.